The maximum atomic E-state index is 13.1. The molecule has 4 rings (SSSR count). The highest BCUT2D eigenvalue weighted by molar-refractivity contribution is 5.80. The first-order valence-electron chi connectivity index (χ1n) is 11.1. The molecule has 1 N–H and O–H groups in total. The van der Waals surface area contributed by atoms with Gasteiger partial charge in [0.1, 0.15) is 0 Å². The number of rotatable bonds is 6. The number of aromatic amines is 1. The van der Waals surface area contributed by atoms with E-state index in [0.29, 0.717) is 25.2 Å². The van der Waals surface area contributed by atoms with E-state index < -0.39 is 0 Å². The molecule has 0 fully saturated rings. The molecule has 0 spiro atoms. The number of carbonyl (C=O) groups excluding carboxylic acids is 1. The van der Waals surface area contributed by atoms with Crippen LogP contribution in [0, 0.1) is 0 Å². The first-order valence-corrected chi connectivity index (χ1v) is 11.1. The molecule has 8 nitrogen and oxygen atoms in total. The third-order valence-electron chi connectivity index (χ3n) is 5.60. The minimum Gasteiger partial charge on any atom is -0.291 e. The molecule has 0 aliphatic carbocycles. The quantitative estimate of drug-likeness (QED) is 0.478. The second-order valence-electron chi connectivity index (χ2n) is 9.12. The van der Waals surface area contributed by atoms with Gasteiger partial charge in [-0.15, -0.1) is 10.2 Å². The standard InChI is InChI=1S/C25H28N6O2/c1-5-8-22(32)31-16-21(25(2,3)4)30(24(31)33)15-17-11-13-18(14-12-17)19-9-6-7-10-20(19)23-26-28-29-27-23/h6-7,9-14,16H,5,8,15H2,1-4H3,(H,26,27,28,29). The van der Waals surface area contributed by atoms with Crippen molar-refractivity contribution in [2.45, 2.75) is 52.5 Å². The lowest BCUT2D eigenvalue weighted by atomic mass is 9.92. The van der Waals surface area contributed by atoms with Gasteiger partial charge in [0, 0.05) is 29.3 Å². The molecule has 8 heteroatoms. The Morgan fingerprint density at radius 3 is 2.33 bits per heavy atom. The summed E-state index contributed by atoms with van der Waals surface area (Å²) < 4.78 is 2.97. The number of hydrogen-bond donors (Lipinski definition) is 1. The third kappa shape index (κ3) is 4.55. The monoisotopic (exact) mass is 444 g/mol. The first kappa shape index (κ1) is 22.4. The van der Waals surface area contributed by atoms with Crippen LogP contribution in [0.3, 0.4) is 0 Å². The average Bonchev–Trinajstić information content (AvgIpc) is 3.43. The van der Waals surface area contributed by atoms with Gasteiger partial charge in [-0.05, 0) is 28.3 Å². The number of imidazole rings is 1. The Labute approximate surface area is 192 Å². The number of carbonyl (C=O) groups is 1. The zero-order valence-corrected chi connectivity index (χ0v) is 19.4. The van der Waals surface area contributed by atoms with Gasteiger partial charge in [-0.2, -0.15) is 5.21 Å². The fourth-order valence-electron chi connectivity index (χ4n) is 3.92. The van der Waals surface area contributed by atoms with Crippen LogP contribution in [0.15, 0.2) is 59.5 Å². The average molecular weight is 445 g/mol. The van der Waals surface area contributed by atoms with Gasteiger partial charge in [0.15, 0.2) is 0 Å². The summed E-state index contributed by atoms with van der Waals surface area (Å²) in [6, 6.07) is 15.9. The van der Waals surface area contributed by atoms with Crippen LogP contribution in [0.2, 0.25) is 0 Å². The van der Waals surface area contributed by atoms with E-state index in [2.05, 4.69) is 20.6 Å². The summed E-state index contributed by atoms with van der Waals surface area (Å²) in [6.07, 6.45) is 2.76. The SMILES string of the molecule is CCCC(=O)n1cc(C(C)(C)C)n(Cc2ccc(-c3ccccc3-c3nn[nH]n3)cc2)c1=O. The molecule has 0 saturated carbocycles. The summed E-state index contributed by atoms with van der Waals surface area (Å²) in [7, 11) is 0. The topological polar surface area (TPSA) is 98.5 Å². The van der Waals surface area contributed by atoms with Crippen molar-refractivity contribution in [1.82, 2.24) is 29.8 Å². The second-order valence-corrected chi connectivity index (χ2v) is 9.12. The lowest BCUT2D eigenvalue weighted by molar-refractivity contribution is 0.0897. The van der Waals surface area contributed by atoms with E-state index in [1.165, 1.54) is 4.57 Å². The first-order chi connectivity index (χ1) is 15.8. The Morgan fingerprint density at radius 2 is 1.73 bits per heavy atom. The van der Waals surface area contributed by atoms with Crippen molar-refractivity contribution in [3.63, 3.8) is 0 Å². The molecule has 33 heavy (non-hydrogen) atoms. The molecule has 0 aliphatic rings. The molecule has 170 valence electrons. The van der Waals surface area contributed by atoms with Crippen molar-refractivity contribution in [3.05, 3.63) is 76.5 Å². The molecule has 0 bridgehead atoms. The summed E-state index contributed by atoms with van der Waals surface area (Å²) in [6.45, 7) is 8.47. The molecule has 0 aliphatic heterocycles. The van der Waals surface area contributed by atoms with E-state index >= 15 is 0 Å². The van der Waals surface area contributed by atoms with Gasteiger partial charge in [-0.1, -0.05) is 76.2 Å². The van der Waals surface area contributed by atoms with E-state index in [1.54, 1.807) is 10.8 Å². The highest BCUT2D eigenvalue weighted by atomic mass is 16.2. The number of hydrogen-bond acceptors (Lipinski definition) is 5. The van der Waals surface area contributed by atoms with Crippen molar-refractivity contribution in [3.8, 4) is 22.5 Å². The number of nitrogens with one attached hydrogen (secondary N) is 1. The summed E-state index contributed by atoms with van der Waals surface area (Å²) in [5, 5.41) is 14.4. The Balaban J connectivity index is 1.68. The molecule has 2 aromatic carbocycles. The minimum atomic E-state index is -0.287. The van der Waals surface area contributed by atoms with Crippen molar-refractivity contribution in [2.24, 2.45) is 0 Å². The fraction of sp³-hybridized carbons (Fsp3) is 0.320. The zero-order chi connectivity index (χ0) is 23.6. The van der Waals surface area contributed by atoms with Crippen LogP contribution >= 0.6 is 0 Å². The molecule has 2 heterocycles. The lowest BCUT2D eigenvalue weighted by Crippen LogP contribution is -2.30. The summed E-state index contributed by atoms with van der Waals surface area (Å²) >= 11 is 0. The molecule has 0 atom stereocenters. The van der Waals surface area contributed by atoms with Crippen LogP contribution in [0.4, 0.5) is 0 Å². The van der Waals surface area contributed by atoms with Crippen molar-refractivity contribution in [1.29, 1.82) is 0 Å². The summed E-state index contributed by atoms with van der Waals surface area (Å²) in [4.78, 5) is 25.6. The van der Waals surface area contributed by atoms with Crippen LogP contribution < -0.4 is 5.69 Å². The minimum absolute atomic E-state index is 0.167. The lowest BCUT2D eigenvalue weighted by Gasteiger charge is -2.20. The van der Waals surface area contributed by atoms with Gasteiger partial charge in [-0.3, -0.25) is 9.36 Å². The zero-order valence-electron chi connectivity index (χ0n) is 19.4. The Hall–Kier alpha value is -3.81. The second kappa shape index (κ2) is 8.97. The van der Waals surface area contributed by atoms with Gasteiger partial charge in [-0.25, -0.2) is 9.36 Å². The molecule has 2 aromatic heterocycles. The molecule has 0 saturated heterocycles. The molecular weight excluding hydrogens is 416 g/mol. The number of tetrazole rings is 1. The summed E-state index contributed by atoms with van der Waals surface area (Å²) in [5.41, 5.74) is 4.14. The van der Waals surface area contributed by atoms with Crippen molar-refractivity contribution < 1.29 is 4.79 Å². The van der Waals surface area contributed by atoms with Crippen molar-refractivity contribution >= 4 is 5.91 Å². The molecule has 4 aromatic rings. The van der Waals surface area contributed by atoms with E-state index in [0.717, 1.165) is 27.9 Å². The number of H-pyrrole nitrogens is 1. The van der Waals surface area contributed by atoms with E-state index in [-0.39, 0.29) is 17.0 Å². The number of benzene rings is 2. The Bertz CT molecular complexity index is 1310. The largest absolute Gasteiger partial charge is 0.335 e. The van der Waals surface area contributed by atoms with Crippen LogP contribution in [0.25, 0.3) is 22.5 Å². The van der Waals surface area contributed by atoms with Gasteiger partial charge >= 0.3 is 5.69 Å². The number of aromatic nitrogens is 6. The Kier molecular flexibility index (Phi) is 6.09. The highest BCUT2D eigenvalue weighted by Crippen LogP contribution is 2.30. The normalized spacial score (nSPS) is 11.6. The third-order valence-corrected chi connectivity index (χ3v) is 5.60. The molecule has 0 radical (unpaired) electrons. The smallest absolute Gasteiger partial charge is 0.291 e. The maximum absolute atomic E-state index is 13.1. The predicted molar refractivity (Wildman–Crippen MR) is 127 cm³/mol. The maximum Gasteiger partial charge on any atom is 0.335 e. The van der Waals surface area contributed by atoms with Gasteiger partial charge in [0.05, 0.1) is 6.54 Å². The Morgan fingerprint density at radius 1 is 1.03 bits per heavy atom. The highest BCUT2D eigenvalue weighted by Gasteiger charge is 2.24. The van der Waals surface area contributed by atoms with Crippen LogP contribution in [0.1, 0.15) is 56.6 Å². The van der Waals surface area contributed by atoms with Crippen LogP contribution in [-0.2, 0) is 12.0 Å². The molecule has 0 amide bonds. The predicted octanol–water partition coefficient (Wildman–Crippen LogP) is 4.28. The number of nitrogens with zero attached hydrogens (tertiary/aromatic N) is 5. The van der Waals surface area contributed by atoms with Crippen LogP contribution in [0.5, 0.6) is 0 Å². The van der Waals surface area contributed by atoms with Gasteiger partial charge in [0.25, 0.3) is 0 Å². The van der Waals surface area contributed by atoms with Crippen molar-refractivity contribution in [2.75, 3.05) is 0 Å². The molecular formula is C25H28N6O2. The fourth-order valence-corrected chi connectivity index (χ4v) is 3.92. The van der Waals surface area contributed by atoms with E-state index in [9.17, 15) is 9.59 Å². The van der Waals surface area contributed by atoms with Gasteiger partial charge in [0.2, 0.25) is 11.7 Å². The van der Waals surface area contributed by atoms with E-state index in [1.807, 2.05) is 76.2 Å². The van der Waals surface area contributed by atoms with E-state index in [4.69, 9.17) is 0 Å². The van der Waals surface area contributed by atoms with Crippen LogP contribution in [-0.4, -0.2) is 35.7 Å². The van der Waals surface area contributed by atoms with Gasteiger partial charge < -0.3 is 0 Å². The summed E-state index contributed by atoms with van der Waals surface area (Å²) in [5.74, 6) is 0.370. The molecule has 0 unspecified atom stereocenters.